The van der Waals surface area contributed by atoms with Crippen molar-refractivity contribution in [3.05, 3.63) is 17.6 Å². The molecule has 0 radical (unpaired) electrons. The van der Waals surface area contributed by atoms with Gasteiger partial charge in [-0.25, -0.2) is 4.98 Å². The number of unbranched alkanes of at least 4 members (excludes halogenated alkanes) is 1. The molecule has 0 atom stereocenters. The minimum absolute atomic E-state index is 0.134. The summed E-state index contributed by atoms with van der Waals surface area (Å²) in [5, 5.41) is 3.00. The lowest BCUT2D eigenvalue weighted by Crippen LogP contribution is -2.10. The van der Waals surface area contributed by atoms with Crippen molar-refractivity contribution < 1.29 is 13.2 Å². The lowest BCUT2D eigenvalue weighted by atomic mass is 10.2. The van der Waals surface area contributed by atoms with Crippen molar-refractivity contribution >= 4 is 5.82 Å². The van der Waals surface area contributed by atoms with Crippen molar-refractivity contribution in [2.24, 2.45) is 0 Å². The van der Waals surface area contributed by atoms with Crippen LogP contribution in [0.4, 0.5) is 19.0 Å². The summed E-state index contributed by atoms with van der Waals surface area (Å²) in [5.41, 5.74) is 1.54. The Labute approximate surface area is 98.5 Å². The highest BCUT2D eigenvalue weighted by atomic mass is 19.4. The summed E-state index contributed by atoms with van der Waals surface area (Å²) in [6, 6.07) is 0. The third kappa shape index (κ3) is 5.51. The summed E-state index contributed by atoms with van der Waals surface area (Å²) in [7, 11) is 0. The van der Waals surface area contributed by atoms with E-state index >= 15 is 0 Å². The molecule has 1 rings (SSSR count). The number of alkyl halides is 3. The fraction of sp³-hybridized carbons (Fsp3) is 0.636. The molecule has 1 heterocycles. The van der Waals surface area contributed by atoms with E-state index in [2.05, 4.69) is 15.3 Å². The number of nitrogens with zero attached hydrogens (tertiary/aromatic N) is 2. The first-order chi connectivity index (χ1) is 7.88. The minimum Gasteiger partial charge on any atom is -0.369 e. The van der Waals surface area contributed by atoms with Gasteiger partial charge in [-0.2, -0.15) is 13.2 Å². The van der Waals surface area contributed by atoms with Crippen LogP contribution in [-0.2, 0) is 0 Å². The highest BCUT2D eigenvalue weighted by Gasteiger charge is 2.25. The molecular weight excluding hydrogens is 231 g/mol. The van der Waals surface area contributed by atoms with Gasteiger partial charge in [-0.3, -0.25) is 4.98 Å². The highest BCUT2D eigenvalue weighted by molar-refractivity contribution is 5.39. The molecule has 3 nitrogen and oxygen atoms in total. The van der Waals surface area contributed by atoms with Crippen molar-refractivity contribution in [2.45, 2.75) is 39.3 Å². The average Bonchev–Trinajstić information content (AvgIpc) is 2.21. The Bertz CT molecular complexity index is 363. The molecule has 17 heavy (non-hydrogen) atoms. The van der Waals surface area contributed by atoms with E-state index in [4.69, 9.17) is 0 Å². The Kier molecular flexibility index (Phi) is 4.72. The molecule has 0 spiro atoms. The molecule has 0 aromatic carbocycles. The first kappa shape index (κ1) is 13.7. The molecule has 96 valence electrons. The maximum atomic E-state index is 11.9. The van der Waals surface area contributed by atoms with Gasteiger partial charge >= 0.3 is 6.18 Å². The van der Waals surface area contributed by atoms with E-state index in [1.807, 2.05) is 13.8 Å². The summed E-state index contributed by atoms with van der Waals surface area (Å²) in [4.78, 5) is 8.34. The maximum absolute atomic E-state index is 11.9. The molecule has 0 aliphatic rings. The van der Waals surface area contributed by atoms with Crippen LogP contribution >= 0.6 is 0 Å². The normalized spacial score (nSPS) is 11.6. The minimum atomic E-state index is -4.06. The standard InChI is InChI=1S/C11H16F3N3/c1-8-7-16-9(2)10(17-8)15-6-4-3-5-11(12,13)14/h7H,3-6H2,1-2H3,(H,15,17). The number of halogens is 3. The van der Waals surface area contributed by atoms with Crippen molar-refractivity contribution in [3.8, 4) is 0 Å². The van der Waals surface area contributed by atoms with Crippen LogP contribution < -0.4 is 5.32 Å². The number of rotatable bonds is 5. The Morgan fingerprint density at radius 3 is 2.59 bits per heavy atom. The SMILES string of the molecule is Cc1cnc(C)c(NCCCCC(F)(F)F)n1. The van der Waals surface area contributed by atoms with Gasteiger partial charge in [0.15, 0.2) is 0 Å². The largest absolute Gasteiger partial charge is 0.389 e. The second-order valence-electron chi connectivity index (χ2n) is 3.94. The monoisotopic (exact) mass is 247 g/mol. The Hall–Kier alpha value is -1.33. The third-order valence-electron chi connectivity index (χ3n) is 2.26. The van der Waals surface area contributed by atoms with Gasteiger partial charge < -0.3 is 5.32 Å². The highest BCUT2D eigenvalue weighted by Crippen LogP contribution is 2.22. The van der Waals surface area contributed by atoms with E-state index in [-0.39, 0.29) is 6.42 Å². The number of nitrogens with one attached hydrogen (secondary N) is 1. The lowest BCUT2D eigenvalue weighted by molar-refractivity contribution is -0.135. The topological polar surface area (TPSA) is 37.8 Å². The molecule has 0 amide bonds. The second kappa shape index (κ2) is 5.84. The van der Waals surface area contributed by atoms with E-state index in [9.17, 15) is 13.2 Å². The van der Waals surface area contributed by atoms with Crippen LogP contribution in [0.15, 0.2) is 6.20 Å². The number of aromatic nitrogens is 2. The van der Waals surface area contributed by atoms with E-state index in [1.54, 1.807) is 6.20 Å². The third-order valence-corrected chi connectivity index (χ3v) is 2.26. The van der Waals surface area contributed by atoms with E-state index in [0.717, 1.165) is 11.4 Å². The van der Waals surface area contributed by atoms with Crippen LogP contribution in [0.1, 0.15) is 30.7 Å². The van der Waals surface area contributed by atoms with Crippen LogP contribution in [0.5, 0.6) is 0 Å². The van der Waals surface area contributed by atoms with Crippen molar-refractivity contribution in [2.75, 3.05) is 11.9 Å². The van der Waals surface area contributed by atoms with Crippen LogP contribution in [-0.4, -0.2) is 22.7 Å². The number of hydrogen-bond donors (Lipinski definition) is 1. The van der Waals surface area contributed by atoms with Gasteiger partial charge in [0.1, 0.15) is 5.82 Å². The fourth-order valence-electron chi connectivity index (χ4n) is 1.36. The second-order valence-corrected chi connectivity index (χ2v) is 3.94. The Morgan fingerprint density at radius 1 is 1.24 bits per heavy atom. The molecule has 0 aliphatic heterocycles. The lowest BCUT2D eigenvalue weighted by Gasteiger charge is -2.09. The Morgan fingerprint density at radius 2 is 1.94 bits per heavy atom. The molecule has 0 bridgehead atoms. The first-order valence-electron chi connectivity index (χ1n) is 5.49. The van der Waals surface area contributed by atoms with Gasteiger partial charge in [-0.15, -0.1) is 0 Å². The van der Waals surface area contributed by atoms with Crippen LogP contribution in [0, 0.1) is 13.8 Å². The molecule has 0 saturated heterocycles. The average molecular weight is 247 g/mol. The van der Waals surface area contributed by atoms with Gasteiger partial charge in [0.05, 0.1) is 11.4 Å². The van der Waals surface area contributed by atoms with Crippen molar-refractivity contribution in [3.63, 3.8) is 0 Å². The molecule has 1 aromatic rings. The molecule has 6 heteroatoms. The smallest absolute Gasteiger partial charge is 0.369 e. The zero-order valence-corrected chi connectivity index (χ0v) is 9.93. The molecule has 0 saturated carbocycles. The summed E-state index contributed by atoms with van der Waals surface area (Å²) in [5.74, 6) is 0.650. The van der Waals surface area contributed by atoms with E-state index in [0.29, 0.717) is 18.8 Å². The summed E-state index contributed by atoms with van der Waals surface area (Å²) >= 11 is 0. The summed E-state index contributed by atoms with van der Waals surface area (Å²) in [6.45, 7) is 4.11. The predicted molar refractivity (Wildman–Crippen MR) is 59.9 cm³/mol. The van der Waals surface area contributed by atoms with Crippen LogP contribution in [0.25, 0.3) is 0 Å². The molecule has 0 aliphatic carbocycles. The quantitative estimate of drug-likeness (QED) is 0.812. The molecule has 1 N–H and O–H groups in total. The maximum Gasteiger partial charge on any atom is 0.389 e. The van der Waals surface area contributed by atoms with Gasteiger partial charge in [0, 0.05) is 19.2 Å². The van der Waals surface area contributed by atoms with Crippen molar-refractivity contribution in [1.82, 2.24) is 9.97 Å². The van der Waals surface area contributed by atoms with E-state index < -0.39 is 12.6 Å². The van der Waals surface area contributed by atoms with E-state index in [1.165, 1.54) is 0 Å². The van der Waals surface area contributed by atoms with Gasteiger partial charge in [0.2, 0.25) is 0 Å². The molecule has 0 fully saturated rings. The first-order valence-corrected chi connectivity index (χ1v) is 5.49. The number of hydrogen-bond acceptors (Lipinski definition) is 3. The fourth-order valence-corrected chi connectivity index (χ4v) is 1.36. The molecule has 1 aromatic heterocycles. The molecular formula is C11H16F3N3. The van der Waals surface area contributed by atoms with Gasteiger partial charge in [-0.1, -0.05) is 0 Å². The van der Waals surface area contributed by atoms with Gasteiger partial charge in [0.25, 0.3) is 0 Å². The number of aryl methyl sites for hydroxylation is 2. The zero-order chi connectivity index (χ0) is 12.9. The Balaban J connectivity index is 2.29. The zero-order valence-electron chi connectivity index (χ0n) is 9.93. The van der Waals surface area contributed by atoms with Gasteiger partial charge in [-0.05, 0) is 26.7 Å². The summed E-state index contributed by atoms with van der Waals surface area (Å²) in [6.07, 6.45) is -2.53. The summed E-state index contributed by atoms with van der Waals surface area (Å²) < 4.78 is 35.6. The molecule has 0 unspecified atom stereocenters. The van der Waals surface area contributed by atoms with Crippen LogP contribution in [0.2, 0.25) is 0 Å². The number of anilines is 1. The van der Waals surface area contributed by atoms with Crippen LogP contribution in [0.3, 0.4) is 0 Å². The van der Waals surface area contributed by atoms with Crippen molar-refractivity contribution in [1.29, 1.82) is 0 Å². The predicted octanol–water partition coefficient (Wildman–Crippen LogP) is 3.24.